The highest BCUT2D eigenvalue weighted by molar-refractivity contribution is 6.09. The molecule has 0 aliphatic carbocycles. The number of ether oxygens (including phenoxy) is 1. The first-order valence-electron chi connectivity index (χ1n) is 10.1. The zero-order valence-corrected chi connectivity index (χ0v) is 18.2. The Kier molecular flexibility index (Phi) is 6.49. The summed E-state index contributed by atoms with van der Waals surface area (Å²) in [5.41, 5.74) is 5.75. The summed E-state index contributed by atoms with van der Waals surface area (Å²) in [4.78, 5) is 19.1. The van der Waals surface area contributed by atoms with Gasteiger partial charge in [-0.2, -0.15) is 8.78 Å². The standard InChI is InChI=1S/C24H24F3N3O2/c1-5-15-12-18(9-11-20(15)32-22(26)27)24(21(31)30(4)23(28)29-24)17-8-10-19(25)16(13-17)7-6-14(2)3/h8-14,22H,5H2,1-4H3,(H2,28,29)/t24-/m0/s1. The molecule has 1 aliphatic heterocycles. The number of nitrogens with zero attached hydrogens (tertiary/aromatic N) is 2. The molecular weight excluding hydrogens is 419 g/mol. The lowest BCUT2D eigenvalue weighted by Crippen LogP contribution is -2.41. The van der Waals surface area contributed by atoms with E-state index in [4.69, 9.17) is 5.73 Å². The van der Waals surface area contributed by atoms with Crippen molar-refractivity contribution in [2.75, 3.05) is 7.05 Å². The number of guanidine groups is 1. The Morgan fingerprint density at radius 1 is 1.19 bits per heavy atom. The summed E-state index contributed by atoms with van der Waals surface area (Å²) in [5.74, 6) is 4.76. The van der Waals surface area contributed by atoms with Gasteiger partial charge < -0.3 is 10.5 Å². The molecule has 1 aliphatic rings. The summed E-state index contributed by atoms with van der Waals surface area (Å²) >= 11 is 0. The molecule has 2 aromatic rings. The maximum Gasteiger partial charge on any atom is 0.387 e. The second-order valence-electron chi connectivity index (χ2n) is 7.72. The molecule has 8 heteroatoms. The summed E-state index contributed by atoms with van der Waals surface area (Å²) in [5, 5.41) is 0. The number of aliphatic imine (C=N–C) groups is 1. The van der Waals surface area contributed by atoms with Gasteiger partial charge in [0.1, 0.15) is 11.6 Å². The second kappa shape index (κ2) is 8.95. The number of carbonyl (C=O) groups is 1. The first-order valence-corrected chi connectivity index (χ1v) is 10.1. The van der Waals surface area contributed by atoms with Gasteiger partial charge in [0.25, 0.3) is 5.91 Å². The first-order chi connectivity index (χ1) is 15.1. The highest BCUT2D eigenvalue weighted by Crippen LogP contribution is 2.41. The van der Waals surface area contributed by atoms with Crippen molar-refractivity contribution < 1.29 is 22.7 Å². The molecule has 168 valence electrons. The molecule has 1 atom stereocenters. The number of amides is 1. The van der Waals surface area contributed by atoms with E-state index >= 15 is 0 Å². The van der Waals surface area contributed by atoms with Gasteiger partial charge in [-0.25, -0.2) is 9.38 Å². The quantitative estimate of drug-likeness (QED) is 0.710. The Labute approximate surface area is 185 Å². The van der Waals surface area contributed by atoms with Crippen molar-refractivity contribution >= 4 is 11.9 Å². The second-order valence-corrected chi connectivity index (χ2v) is 7.72. The van der Waals surface area contributed by atoms with Crippen LogP contribution in [0.1, 0.15) is 43.0 Å². The van der Waals surface area contributed by atoms with Crippen molar-refractivity contribution in [2.24, 2.45) is 16.6 Å². The molecular formula is C24H24F3N3O2. The minimum Gasteiger partial charge on any atom is -0.435 e. The Morgan fingerprint density at radius 3 is 2.41 bits per heavy atom. The summed E-state index contributed by atoms with van der Waals surface area (Å²) in [6.07, 6.45) is 0.379. The first kappa shape index (κ1) is 23.2. The van der Waals surface area contributed by atoms with Crippen LogP contribution < -0.4 is 10.5 Å². The number of halogens is 3. The lowest BCUT2D eigenvalue weighted by atomic mass is 9.81. The molecule has 0 saturated heterocycles. The van der Waals surface area contributed by atoms with Crippen molar-refractivity contribution in [1.82, 2.24) is 4.90 Å². The van der Waals surface area contributed by atoms with E-state index in [2.05, 4.69) is 21.6 Å². The van der Waals surface area contributed by atoms with Crippen molar-refractivity contribution in [3.63, 3.8) is 0 Å². The van der Waals surface area contributed by atoms with Crippen LogP contribution in [-0.4, -0.2) is 30.4 Å². The predicted molar refractivity (Wildman–Crippen MR) is 116 cm³/mol. The average molecular weight is 443 g/mol. The summed E-state index contributed by atoms with van der Waals surface area (Å²) < 4.78 is 44.6. The van der Waals surface area contributed by atoms with E-state index in [9.17, 15) is 18.0 Å². The number of hydrogen-bond donors (Lipinski definition) is 1. The van der Waals surface area contributed by atoms with Crippen LogP contribution in [0.25, 0.3) is 0 Å². The fourth-order valence-corrected chi connectivity index (χ4v) is 3.54. The lowest BCUT2D eigenvalue weighted by molar-refractivity contribution is -0.129. The number of rotatable bonds is 5. The van der Waals surface area contributed by atoms with Crippen LogP contribution in [0.2, 0.25) is 0 Å². The predicted octanol–water partition coefficient (Wildman–Crippen LogP) is 4.03. The van der Waals surface area contributed by atoms with Crippen LogP contribution in [0.4, 0.5) is 13.2 Å². The summed E-state index contributed by atoms with van der Waals surface area (Å²) in [7, 11) is 1.49. The van der Waals surface area contributed by atoms with Crippen molar-refractivity contribution in [3.8, 4) is 17.6 Å². The Morgan fingerprint density at radius 2 is 1.84 bits per heavy atom. The van der Waals surface area contributed by atoms with Crippen LogP contribution in [0, 0.1) is 23.6 Å². The van der Waals surface area contributed by atoms with Gasteiger partial charge in [-0.3, -0.25) is 9.69 Å². The van der Waals surface area contributed by atoms with Gasteiger partial charge in [-0.1, -0.05) is 44.7 Å². The highest BCUT2D eigenvalue weighted by atomic mass is 19.3. The molecule has 0 spiro atoms. The third-order valence-corrected chi connectivity index (χ3v) is 5.19. The number of alkyl halides is 2. The number of aryl methyl sites for hydroxylation is 1. The van der Waals surface area contributed by atoms with Crippen molar-refractivity contribution in [1.29, 1.82) is 0 Å². The molecule has 2 N–H and O–H groups in total. The van der Waals surface area contributed by atoms with Gasteiger partial charge in [0.2, 0.25) is 0 Å². The van der Waals surface area contributed by atoms with Crippen LogP contribution in [0.15, 0.2) is 41.4 Å². The lowest BCUT2D eigenvalue weighted by Gasteiger charge is -2.27. The van der Waals surface area contributed by atoms with Crippen LogP contribution >= 0.6 is 0 Å². The highest BCUT2D eigenvalue weighted by Gasteiger charge is 2.50. The minimum atomic E-state index is -2.98. The van der Waals surface area contributed by atoms with E-state index in [0.717, 1.165) is 0 Å². The number of carbonyl (C=O) groups excluding carboxylic acids is 1. The largest absolute Gasteiger partial charge is 0.435 e. The number of nitrogens with two attached hydrogens (primary N) is 1. The molecule has 1 amide bonds. The van der Waals surface area contributed by atoms with Gasteiger partial charge >= 0.3 is 6.61 Å². The Bertz CT molecular complexity index is 1140. The molecule has 1 heterocycles. The minimum absolute atomic E-state index is 0.0137. The Hall–Kier alpha value is -3.47. The third kappa shape index (κ3) is 4.15. The smallest absolute Gasteiger partial charge is 0.387 e. The van der Waals surface area contributed by atoms with E-state index in [1.54, 1.807) is 13.0 Å². The van der Waals surface area contributed by atoms with E-state index in [0.29, 0.717) is 23.1 Å². The third-order valence-electron chi connectivity index (χ3n) is 5.19. The topological polar surface area (TPSA) is 67.9 Å². The molecule has 0 aromatic heterocycles. The normalized spacial score (nSPS) is 18.1. The maximum absolute atomic E-state index is 14.4. The molecule has 32 heavy (non-hydrogen) atoms. The molecule has 0 unspecified atom stereocenters. The van der Waals surface area contributed by atoms with E-state index in [-0.39, 0.29) is 23.2 Å². The summed E-state index contributed by atoms with van der Waals surface area (Å²) in [6, 6.07) is 8.63. The average Bonchev–Trinajstić information content (AvgIpc) is 2.97. The molecule has 0 fully saturated rings. The number of likely N-dealkylation sites (N-methyl/N-ethyl adjacent to an activating group) is 1. The van der Waals surface area contributed by atoms with Crippen LogP contribution in [0.3, 0.4) is 0 Å². The van der Waals surface area contributed by atoms with E-state index in [1.165, 1.54) is 42.3 Å². The molecule has 0 saturated carbocycles. The molecule has 0 radical (unpaired) electrons. The Balaban J connectivity index is 2.25. The van der Waals surface area contributed by atoms with Crippen molar-refractivity contribution in [3.05, 3.63) is 64.5 Å². The monoisotopic (exact) mass is 443 g/mol. The zero-order valence-electron chi connectivity index (χ0n) is 18.2. The number of hydrogen-bond acceptors (Lipinski definition) is 4. The van der Waals surface area contributed by atoms with Gasteiger partial charge in [0.15, 0.2) is 11.5 Å². The SMILES string of the molecule is CCc1cc([C@]2(c3ccc(F)c(C#CC(C)C)c3)N=C(N)N(C)C2=O)ccc1OC(F)F. The maximum atomic E-state index is 14.4. The van der Waals surface area contributed by atoms with Gasteiger partial charge in [0, 0.05) is 13.0 Å². The van der Waals surface area contributed by atoms with Gasteiger partial charge in [-0.05, 0) is 47.4 Å². The molecule has 5 nitrogen and oxygen atoms in total. The number of benzene rings is 2. The fourth-order valence-electron chi connectivity index (χ4n) is 3.54. The molecule has 0 bridgehead atoms. The van der Waals surface area contributed by atoms with E-state index in [1.807, 2.05) is 13.8 Å². The van der Waals surface area contributed by atoms with Gasteiger partial charge in [0.05, 0.1) is 5.56 Å². The molecule has 2 aromatic carbocycles. The molecule has 3 rings (SSSR count). The summed E-state index contributed by atoms with van der Waals surface area (Å²) in [6.45, 7) is 2.56. The zero-order chi connectivity index (χ0) is 23.6. The fraction of sp³-hybridized carbons (Fsp3) is 0.333. The van der Waals surface area contributed by atoms with Crippen LogP contribution in [0.5, 0.6) is 5.75 Å². The van der Waals surface area contributed by atoms with Crippen molar-refractivity contribution in [2.45, 2.75) is 39.3 Å². The van der Waals surface area contributed by atoms with Crippen LogP contribution in [-0.2, 0) is 16.8 Å². The van der Waals surface area contributed by atoms with E-state index < -0.39 is 23.9 Å². The van der Waals surface area contributed by atoms with Gasteiger partial charge in [-0.15, -0.1) is 0 Å².